The maximum atomic E-state index is 9.81. The Bertz CT molecular complexity index is 502. The van der Waals surface area contributed by atoms with E-state index in [1.165, 1.54) is 10.9 Å². The van der Waals surface area contributed by atoms with Crippen LogP contribution in [0.25, 0.3) is 10.9 Å². The van der Waals surface area contributed by atoms with Gasteiger partial charge in [0.25, 0.3) is 0 Å². The molecule has 0 saturated heterocycles. The number of nitrogens with zero attached hydrogens (tertiary/aromatic N) is 1. The number of aromatic nitrogens is 1. The van der Waals surface area contributed by atoms with Crippen LogP contribution in [0, 0.1) is 5.92 Å². The van der Waals surface area contributed by atoms with Gasteiger partial charge in [0.05, 0.1) is 11.6 Å². The van der Waals surface area contributed by atoms with Crippen molar-refractivity contribution in [1.82, 2.24) is 4.98 Å². The van der Waals surface area contributed by atoms with Crippen LogP contribution in [0.4, 0.5) is 0 Å². The lowest BCUT2D eigenvalue weighted by molar-refractivity contribution is 0.114. The SMILES string of the molecule is CC(C)C(O)CCCc1ccnc2ccccc12. The van der Waals surface area contributed by atoms with E-state index in [0.29, 0.717) is 5.92 Å². The second kappa shape index (κ2) is 5.96. The number of fused-ring (bicyclic) bond motifs is 1. The molecule has 1 atom stereocenters. The summed E-state index contributed by atoms with van der Waals surface area (Å²) < 4.78 is 0. The van der Waals surface area contributed by atoms with Crippen LogP contribution >= 0.6 is 0 Å². The normalized spacial score (nSPS) is 13.1. The van der Waals surface area contributed by atoms with Crippen LogP contribution in [0.2, 0.25) is 0 Å². The van der Waals surface area contributed by atoms with Gasteiger partial charge in [-0.3, -0.25) is 4.98 Å². The van der Waals surface area contributed by atoms with Crippen LogP contribution < -0.4 is 0 Å². The molecule has 1 heterocycles. The van der Waals surface area contributed by atoms with Crippen molar-refractivity contribution < 1.29 is 5.11 Å². The van der Waals surface area contributed by atoms with Gasteiger partial charge >= 0.3 is 0 Å². The summed E-state index contributed by atoms with van der Waals surface area (Å²) >= 11 is 0. The van der Waals surface area contributed by atoms with Crippen LogP contribution in [0.3, 0.4) is 0 Å². The highest BCUT2D eigenvalue weighted by Crippen LogP contribution is 2.19. The molecule has 0 bridgehead atoms. The predicted molar refractivity (Wildman–Crippen MR) is 75.5 cm³/mol. The molecule has 2 heteroatoms. The molecule has 18 heavy (non-hydrogen) atoms. The van der Waals surface area contributed by atoms with E-state index in [2.05, 4.69) is 37.0 Å². The minimum Gasteiger partial charge on any atom is -0.393 e. The zero-order valence-electron chi connectivity index (χ0n) is 11.1. The summed E-state index contributed by atoms with van der Waals surface area (Å²) in [6, 6.07) is 10.3. The van der Waals surface area contributed by atoms with Crippen molar-refractivity contribution in [2.45, 2.75) is 39.2 Å². The minimum atomic E-state index is -0.182. The molecule has 0 saturated carbocycles. The number of aliphatic hydroxyl groups excluding tert-OH is 1. The van der Waals surface area contributed by atoms with E-state index in [-0.39, 0.29) is 6.10 Å². The summed E-state index contributed by atoms with van der Waals surface area (Å²) in [5.74, 6) is 0.346. The number of aliphatic hydroxyl groups is 1. The molecule has 0 aliphatic heterocycles. The fraction of sp³-hybridized carbons (Fsp3) is 0.438. The molecule has 0 amide bonds. The molecule has 1 N–H and O–H groups in total. The number of para-hydroxylation sites is 1. The predicted octanol–water partition coefficient (Wildman–Crippen LogP) is 3.57. The molecule has 0 aliphatic rings. The molecule has 0 spiro atoms. The fourth-order valence-electron chi connectivity index (χ4n) is 2.21. The summed E-state index contributed by atoms with van der Waals surface area (Å²) in [7, 11) is 0. The molecular formula is C16H21NO. The van der Waals surface area contributed by atoms with E-state index in [4.69, 9.17) is 0 Å². The Hall–Kier alpha value is -1.41. The van der Waals surface area contributed by atoms with E-state index < -0.39 is 0 Å². The molecule has 0 radical (unpaired) electrons. The number of hydrogen-bond donors (Lipinski definition) is 1. The van der Waals surface area contributed by atoms with Gasteiger partial charge in [-0.1, -0.05) is 32.0 Å². The summed E-state index contributed by atoms with van der Waals surface area (Å²) in [5.41, 5.74) is 2.39. The number of benzene rings is 1. The van der Waals surface area contributed by atoms with Crippen molar-refractivity contribution in [3.63, 3.8) is 0 Å². The van der Waals surface area contributed by atoms with Gasteiger partial charge in [0.2, 0.25) is 0 Å². The van der Waals surface area contributed by atoms with Gasteiger partial charge in [-0.05, 0) is 42.9 Å². The molecule has 96 valence electrons. The van der Waals surface area contributed by atoms with E-state index in [9.17, 15) is 5.11 Å². The Labute approximate surface area is 109 Å². The Balaban J connectivity index is 2.04. The Morgan fingerprint density at radius 3 is 2.72 bits per heavy atom. The number of pyridine rings is 1. The lowest BCUT2D eigenvalue weighted by atomic mass is 9.98. The number of aryl methyl sites for hydroxylation is 1. The zero-order valence-corrected chi connectivity index (χ0v) is 11.1. The average molecular weight is 243 g/mol. The fourth-order valence-corrected chi connectivity index (χ4v) is 2.21. The third-order valence-corrected chi connectivity index (χ3v) is 3.45. The van der Waals surface area contributed by atoms with Gasteiger partial charge in [-0.25, -0.2) is 0 Å². The molecular weight excluding hydrogens is 222 g/mol. The molecule has 1 unspecified atom stereocenters. The largest absolute Gasteiger partial charge is 0.393 e. The van der Waals surface area contributed by atoms with Crippen molar-refractivity contribution in [3.05, 3.63) is 42.1 Å². The summed E-state index contributed by atoms with van der Waals surface area (Å²) in [4.78, 5) is 4.36. The molecule has 1 aromatic heterocycles. The van der Waals surface area contributed by atoms with Crippen molar-refractivity contribution in [3.8, 4) is 0 Å². The summed E-state index contributed by atoms with van der Waals surface area (Å²) in [6.45, 7) is 4.12. The smallest absolute Gasteiger partial charge is 0.0704 e. The number of rotatable bonds is 5. The lowest BCUT2D eigenvalue weighted by Crippen LogP contribution is -2.14. The number of hydrogen-bond acceptors (Lipinski definition) is 2. The molecule has 0 fully saturated rings. The first-order valence-electron chi connectivity index (χ1n) is 6.69. The summed E-state index contributed by atoms with van der Waals surface area (Å²) in [6.07, 6.45) is 4.59. The maximum absolute atomic E-state index is 9.81. The lowest BCUT2D eigenvalue weighted by Gasteiger charge is -2.14. The first-order valence-corrected chi connectivity index (χ1v) is 6.69. The Kier molecular flexibility index (Phi) is 4.32. The molecule has 2 rings (SSSR count). The van der Waals surface area contributed by atoms with Gasteiger partial charge < -0.3 is 5.11 Å². The summed E-state index contributed by atoms with van der Waals surface area (Å²) in [5, 5.41) is 11.0. The first kappa shape index (κ1) is 13.0. The van der Waals surface area contributed by atoms with Crippen LogP contribution in [-0.2, 0) is 6.42 Å². The van der Waals surface area contributed by atoms with Crippen molar-refractivity contribution in [2.24, 2.45) is 5.92 Å². The second-order valence-corrected chi connectivity index (χ2v) is 5.19. The van der Waals surface area contributed by atoms with Gasteiger partial charge in [-0.2, -0.15) is 0 Å². The topological polar surface area (TPSA) is 33.1 Å². The third kappa shape index (κ3) is 3.08. The molecule has 0 aliphatic carbocycles. The van der Waals surface area contributed by atoms with Gasteiger partial charge in [0.1, 0.15) is 0 Å². The highest BCUT2D eigenvalue weighted by Gasteiger charge is 2.09. The average Bonchev–Trinajstić information content (AvgIpc) is 2.38. The van der Waals surface area contributed by atoms with Crippen LogP contribution in [0.5, 0.6) is 0 Å². The maximum Gasteiger partial charge on any atom is 0.0704 e. The van der Waals surface area contributed by atoms with Gasteiger partial charge in [-0.15, -0.1) is 0 Å². The monoisotopic (exact) mass is 243 g/mol. The Morgan fingerprint density at radius 2 is 1.94 bits per heavy atom. The standard InChI is InChI=1S/C16H21NO/c1-12(2)16(18)9-5-6-13-10-11-17-15-8-4-3-7-14(13)15/h3-4,7-8,10-12,16,18H,5-6,9H2,1-2H3. The molecule has 2 nitrogen and oxygen atoms in total. The van der Waals surface area contributed by atoms with E-state index in [0.717, 1.165) is 24.8 Å². The zero-order chi connectivity index (χ0) is 13.0. The van der Waals surface area contributed by atoms with Crippen molar-refractivity contribution >= 4 is 10.9 Å². The highest BCUT2D eigenvalue weighted by atomic mass is 16.3. The highest BCUT2D eigenvalue weighted by molar-refractivity contribution is 5.81. The van der Waals surface area contributed by atoms with E-state index in [1.807, 2.05) is 18.3 Å². The van der Waals surface area contributed by atoms with Crippen LogP contribution in [0.1, 0.15) is 32.3 Å². The van der Waals surface area contributed by atoms with Gasteiger partial charge in [0.15, 0.2) is 0 Å². The second-order valence-electron chi connectivity index (χ2n) is 5.19. The van der Waals surface area contributed by atoms with Gasteiger partial charge in [0, 0.05) is 11.6 Å². The Morgan fingerprint density at radius 1 is 1.17 bits per heavy atom. The van der Waals surface area contributed by atoms with Crippen molar-refractivity contribution in [1.29, 1.82) is 0 Å². The quantitative estimate of drug-likeness (QED) is 0.870. The minimum absolute atomic E-state index is 0.182. The van der Waals surface area contributed by atoms with Crippen molar-refractivity contribution in [2.75, 3.05) is 0 Å². The first-order chi connectivity index (χ1) is 8.68. The molecule has 1 aromatic carbocycles. The van der Waals surface area contributed by atoms with E-state index in [1.54, 1.807) is 0 Å². The van der Waals surface area contributed by atoms with Crippen LogP contribution in [0.15, 0.2) is 36.5 Å². The van der Waals surface area contributed by atoms with Crippen LogP contribution in [-0.4, -0.2) is 16.2 Å². The third-order valence-electron chi connectivity index (χ3n) is 3.45. The van der Waals surface area contributed by atoms with E-state index >= 15 is 0 Å². The molecule has 2 aromatic rings.